The van der Waals surface area contributed by atoms with Gasteiger partial charge in [0.05, 0.1) is 6.61 Å². The van der Waals surface area contributed by atoms with Crippen LogP contribution in [0.25, 0.3) is 10.8 Å². The first-order valence-corrected chi connectivity index (χ1v) is 8.24. The number of hydrogen-bond acceptors (Lipinski definition) is 5. The molecule has 0 fully saturated rings. The van der Waals surface area contributed by atoms with Crippen LogP contribution in [0.4, 0.5) is 0 Å². The van der Waals surface area contributed by atoms with Crippen LogP contribution in [0.2, 0.25) is 0 Å². The molecule has 0 aliphatic carbocycles. The zero-order chi connectivity index (χ0) is 18.5. The van der Waals surface area contributed by atoms with Gasteiger partial charge in [0.2, 0.25) is 6.10 Å². The lowest BCUT2D eigenvalue weighted by molar-refractivity contribution is -0.153. The molecule has 26 heavy (non-hydrogen) atoms. The summed E-state index contributed by atoms with van der Waals surface area (Å²) in [5.74, 6) is -1.66. The Labute approximate surface area is 150 Å². The molecule has 0 spiro atoms. The van der Waals surface area contributed by atoms with Crippen LogP contribution in [0.1, 0.15) is 28.9 Å². The van der Waals surface area contributed by atoms with Gasteiger partial charge in [0.15, 0.2) is 0 Å². The maximum Gasteiger partial charge on any atom is 0.352 e. The van der Waals surface area contributed by atoms with Gasteiger partial charge in [-0.1, -0.05) is 54.6 Å². The maximum absolute atomic E-state index is 12.6. The van der Waals surface area contributed by atoms with Crippen LogP contribution in [-0.2, 0) is 14.3 Å². The summed E-state index contributed by atoms with van der Waals surface area (Å²) in [5.41, 5.74) is 0.494. The third kappa shape index (κ3) is 3.67. The number of ether oxygens (including phenoxy) is 2. The molecule has 0 aromatic heterocycles. The number of phenolic OH excluding ortho intramolecular Hbond substituents is 1. The zero-order valence-electron chi connectivity index (χ0n) is 14.2. The van der Waals surface area contributed by atoms with Crippen LogP contribution in [0.5, 0.6) is 5.75 Å². The Morgan fingerprint density at radius 1 is 0.962 bits per heavy atom. The minimum Gasteiger partial charge on any atom is -0.507 e. The molecule has 0 saturated heterocycles. The van der Waals surface area contributed by atoms with Crippen molar-refractivity contribution in [3.05, 3.63) is 77.9 Å². The minimum atomic E-state index is -1.20. The van der Waals surface area contributed by atoms with E-state index in [1.54, 1.807) is 43.3 Å². The summed E-state index contributed by atoms with van der Waals surface area (Å²) in [4.78, 5) is 24.9. The average molecular weight is 350 g/mol. The standard InChI is InChI=1S/C21H18O5/c1-2-25-21(24)19(14-8-4-3-5-9-14)26-20(23)17-12-15-10-6-7-11-16(15)13-18(17)22/h3-13,19,22H,2H2,1H3. The maximum atomic E-state index is 12.6. The van der Waals surface area contributed by atoms with E-state index in [2.05, 4.69) is 0 Å². The van der Waals surface area contributed by atoms with Gasteiger partial charge in [-0.05, 0) is 29.8 Å². The fourth-order valence-electron chi connectivity index (χ4n) is 2.66. The lowest BCUT2D eigenvalue weighted by Gasteiger charge is -2.17. The molecule has 5 heteroatoms. The first kappa shape index (κ1) is 17.5. The second kappa shape index (κ2) is 7.70. The number of phenols is 1. The number of fused-ring (bicyclic) bond motifs is 1. The van der Waals surface area contributed by atoms with E-state index >= 15 is 0 Å². The third-order valence-corrected chi connectivity index (χ3v) is 3.91. The highest BCUT2D eigenvalue weighted by molar-refractivity contribution is 5.99. The van der Waals surface area contributed by atoms with Crippen LogP contribution in [0.15, 0.2) is 66.7 Å². The molecule has 0 aliphatic heterocycles. The number of benzene rings is 3. The van der Waals surface area contributed by atoms with E-state index in [0.29, 0.717) is 5.56 Å². The van der Waals surface area contributed by atoms with Gasteiger partial charge in [0.25, 0.3) is 0 Å². The molecule has 5 nitrogen and oxygen atoms in total. The zero-order valence-corrected chi connectivity index (χ0v) is 14.2. The number of hydrogen-bond donors (Lipinski definition) is 1. The summed E-state index contributed by atoms with van der Waals surface area (Å²) < 4.78 is 10.4. The Morgan fingerprint density at radius 3 is 2.23 bits per heavy atom. The summed E-state index contributed by atoms with van der Waals surface area (Å²) in [6.45, 7) is 1.85. The topological polar surface area (TPSA) is 72.8 Å². The van der Waals surface area contributed by atoms with E-state index < -0.39 is 18.0 Å². The first-order chi connectivity index (χ1) is 12.6. The first-order valence-electron chi connectivity index (χ1n) is 8.24. The molecular formula is C21H18O5. The Bertz CT molecular complexity index is 934. The predicted molar refractivity (Wildman–Crippen MR) is 96.8 cm³/mol. The van der Waals surface area contributed by atoms with E-state index in [1.165, 1.54) is 6.07 Å². The number of esters is 2. The van der Waals surface area contributed by atoms with E-state index in [9.17, 15) is 14.7 Å². The second-order valence-electron chi connectivity index (χ2n) is 5.66. The highest BCUT2D eigenvalue weighted by Crippen LogP contribution is 2.28. The summed E-state index contributed by atoms with van der Waals surface area (Å²) in [6.07, 6.45) is -1.20. The monoisotopic (exact) mass is 350 g/mol. The lowest BCUT2D eigenvalue weighted by Crippen LogP contribution is -2.22. The molecule has 0 heterocycles. The summed E-state index contributed by atoms with van der Waals surface area (Å²) in [7, 11) is 0. The molecular weight excluding hydrogens is 332 g/mol. The van der Waals surface area contributed by atoms with Crippen molar-refractivity contribution in [1.29, 1.82) is 0 Å². The van der Waals surface area contributed by atoms with Crippen molar-refractivity contribution >= 4 is 22.7 Å². The van der Waals surface area contributed by atoms with Crippen LogP contribution < -0.4 is 0 Å². The van der Waals surface area contributed by atoms with E-state index in [0.717, 1.165) is 10.8 Å². The number of carbonyl (C=O) groups excluding carboxylic acids is 2. The molecule has 3 aromatic carbocycles. The van der Waals surface area contributed by atoms with Crippen molar-refractivity contribution in [1.82, 2.24) is 0 Å². The van der Waals surface area contributed by atoms with Crippen molar-refractivity contribution in [3.63, 3.8) is 0 Å². The Kier molecular flexibility index (Phi) is 5.17. The fraction of sp³-hybridized carbons (Fsp3) is 0.143. The van der Waals surface area contributed by atoms with Crippen molar-refractivity contribution in [2.24, 2.45) is 0 Å². The van der Waals surface area contributed by atoms with Crippen LogP contribution >= 0.6 is 0 Å². The minimum absolute atomic E-state index is 0.00562. The summed E-state index contributed by atoms with van der Waals surface area (Å²) in [6, 6.07) is 19.0. The van der Waals surface area contributed by atoms with E-state index in [4.69, 9.17) is 9.47 Å². The number of carbonyl (C=O) groups is 2. The molecule has 3 aromatic rings. The van der Waals surface area contributed by atoms with E-state index in [-0.39, 0.29) is 17.9 Å². The molecule has 0 amide bonds. The number of rotatable bonds is 5. The van der Waals surface area contributed by atoms with Crippen molar-refractivity contribution in [3.8, 4) is 5.75 Å². The SMILES string of the molecule is CCOC(=O)C(OC(=O)c1cc2ccccc2cc1O)c1ccccc1. The Hall–Kier alpha value is -3.34. The molecule has 0 radical (unpaired) electrons. The van der Waals surface area contributed by atoms with Gasteiger partial charge in [-0.3, -0.25) is 0 Å². The molecule has 1 N–H and O–H groups in total. The van der Waals surface area contributed by atoms with Gasteiger partial charge in [0, 0.05) is 5.56 Å². The van der Waals surface area contributed by atoms with E-state index in [1.807, 2.05) is 24.3 Å². The van der Waals surface area contributed by atoms with Gasteiger partial charge in [0.1, 0.15) is 11.3 Å². The van der Waals surface area contributed by atoms with Gasteiger partial charge < -0.3 is 14.6 Å². The summed E-state index contributed by atoms with van der Waals surface area (Å²) >= 11 is 0. The second-order valence-corrected chi connectivity index (χ2v) is 5.66. The lowest BCUT2D eigenvalue weighted by atomic mass is 10.1. The Morgan fingerprint density at radius 2 is 1.58 bits per heavy atom. The van der Waals surface area contributed by atoms with Crippen LogP contribution in [0, 0.1) is 0 Å². The quantitative estimate of drug-likeness (QED) is 0.704. The largest absolute Gasteiger partial charge is 0.507 e. The normalized spacial score (nSPS) is 11.7. The molecule has 3 rings (SSSR count). The molecule has 0 bridgehead atoms. The summed E-state index contributed by atoms with van der Waals surface area (Å²) in [5, 5.41) is 11.8. The van der Waals surface area contributed by atoms with Crippen molar-refractivity contribution in [2.45, 2.75) is 13.0 Å². The van der Waals surface area contributed by atoms with Gasteiger partial charge >= 0.3 is 11.9 Å². The van der Waals surface area contributed by atoms with Crippen molar-refractivity contribution in [2.75, 3.05) is 6.61 Å². The van der Waals surface area contributed by atoms with Crippen molar-refractivity contribution < 1.29 is 24.2 Å². The number of aromatic hydroxyl groups is 1. The molecule has 0 aliphatic rings. The molecule has 0 saturated carbocycles. The molecule has 132 valence electrons. The van der Waals surface area contributed by atoms with Crippen LogP contribution in [0.3, 0.4) is 0 Å². The third-order valence-electron chi connectivity index (χ3n) is 3.91. The molecule has 1 atom stereocenters. The van der Waals surface area contributed by atoms with Gasteiger partial charge in [-0.2, -0.15) is 0 Å². The Balaban J connectivity index is 1.93. The van der Waals surface area contributed by atoms with Gasteiger partial charge in [-0.15, -0.1) is 0 Å². The van der Waals surface area contributed by atoms with Crippen LogP contribution in [-0.4, -0.2) is 23.7 Å². The highest BCUT2D eigenvalue weighted by Gasteiger charge is 2.28. The predicted octanol–water partition coefficient (Wildman–Crippen LogP) is 4.01. The average Bonchev–Trinajstić information content (AvgIpc) is 2.66. The molecule has 1 unspecified atom stereocenters. The highest BCUT2D eigenvalue weighted by atomic mass is 16.6. The fourth-order valence-corrected chi connectivity index (χ4v) is 2.66. The smallest absolute Gasteiger partial charge is 0.352 e. The van der Waals surface area contributed by atoms with Gasteiger partial charge in [-0.25, -0.2) is 9.59 Å².